The van der Waals surface area contributed by atoms with Gasteiger partial charge in [0.15, 0.2) is 5.58 Å². The van der Waals surface area contributed by atoms with Crippen LogP contribution in [0.4, 0.5) is 6.01 Å². The lowest BCUT2D eigenvalue weighted by atomic mass is 10.5. The van der Waals surface area contributed by atoms with Crippen LogP contribution in [0.2, 0.25) is 0 Å². The Labute approximate surface area is 85.2 Å². The van der Waals surface area contributed by atoms with Gasteiger partial charge >= 0.3 is 5.97 Å². The van der Waals surface area contributed by atoms with Crippen molar-refractivity contribution in [3.05, 3.63) is 18.3 Å². The molecule has 6 heteroatoms. The Kier molecular flexibility index (Phi) is 2.24. The Morgan fingerprint density at radius 1 is 1.67 bits per heavy atom. The number of aliphatic carboxylic acids is 1. The van der Waals surface area contributed by atoms with E-state index in [1.807, 2.05) is 0 Å². The Morgan fingerprint density at radius 3 is 3.13 bits per heavy atom. The third-order valence-corrected chi connectivity index (χ3v) is 1.85. The Morgan fingerprint density at radius 2 is 2.47 bits per heavy atom. The standard InChI is InChI=1S/C9H9N3O3/c1-12(5-7(13)14)9-11-8-6(15-9)3-2-4-10-8/h2-4H,5H2,1H3,(H,13,14). The third kappa shape index (κ3) is 1.88. The van der Waals surface area contributed by atoms with Gasteiger partial charge in [0.05, 0.1) is 0 Å². The van der Waals surface area contributed by atoms with Crippen molar-refractivity contribution in [2.24, 2.45) is 0 Å². The number of fused-ring (bicyclic) bond motifs is 1. The monoisotopic (exact) mass is 207 g/mol. The minimum absolute atomic E-state index is 0.160. The van der Waals surface area contributed by atoms with Gasteiger partial charge in [0.1, 0.15) is 6.54 Å². The van der Waals surface area contributed by atoms with Gasteiger partial charge in [-0.05, 0) is 12.1 Å². The molecule has 0 aliphatic heterocycles. The number of rotatable bonds is 3. The predicted octanol–water partition coefficient (Wildman–Crippen LogP) is 0.744. The van der Waals surface area contributed by atoms with Crippen molar-refractivity contribution in [3.63, 3.8) is 0 Å². The van der Waals surface area contributed by atoms with E-state index >= 15 is 0 Å². The quantitative estimate of drug-likeness (QED) is 0.799. The fourth-order valence-electron chi connectivity index (χ4n) is 1.19. The lowest BCUT2D eigenvalue weighted by Gasteiger charge is -2.09. The first kappa shape index (κ1) is 9.45. The summed E-state index contributed by atoms with van der Waals surface area (Å²) in [6.07, 6.45) is 1.60. The maximum Gasteiger partial charge on any atom is 0.323 e. The van der Waals surface area contributed by atoms with Crippen molar-refractivity contribution in [2.45, 2.75) is 0 Å². The molecule has 78 valence electrons. The molecule has 0 atom stereocenters. The van der Waals surface area contributed by atoms with Crippen molar-refractivity contribution < 1.29 is 14.3 Å². The van der Waals surface area contributed by atoms with Crippen LogP contribution in [0.1, 0.15) is 0 Å². The summed E-state index contributed by atoms with van der Waals surface area (Å²) >= 11 is 0. The van der Waals surface area contributed by atoms with Crippen LogP contribution in [0.25, 0.3) is 11.2 Å². The number of carboxylic acids is 1. The molecule has 1 N–H and O–H groups in total. The second-order valence-electron chi connectivity index (χ2n) is 3.07. The van der Waals surface area contributed by atoms with E-state index in [4.69, 9.17) is 9.52 Å². The molecular weight excluding hydrogens is 198 g/mol. The Bertz CT molecular complexity index is 461. The van der Waals surface area contributed by atoms with E-state index in [9.17, 15) is 4.79 Å². The second-order valence-corrected chi connectivity index (χ2v) is 3.07. The van der Waals surface area contributed by atoms with Crippen molar-refractivity contribution in [2.75, 3.05) is 18.5 Å². The largest absolute Gasteiger partial charge is 0.480 e. The highest BCUT2D eigenvalue weighted by atomic mass is 16.4. The lowest BCUT2D eigenvalue weighted by Crippen LogP contribution is -2.25. The number of hydrogen-bond acceptors (Lipinski definition) is 5. The summed E-state index contributed by atoms with van der Waals surface area (Å²) in [4.78, 5) is 19.9. The number of anilines is 1. The van der Waals surface area contributed by atoms with Gasteiger partial charge in [-0.3, -0.25) is 4.79 Å². The minimum atomic E-state index is -0.937. The molecule has 2 aromatic heterocycles. The number of aromatic nitrogens is 2. The molecule has 0 saturated carbocycles. The van der Waals surface area contributed by atoms with E-state index in [1.54, 1.807) is 25.4 Å². The van der Waals surface area contributed by atoms with Crippen LogP contribution in [0.5, 0.6) is 0 Å². The number of carboxylic acid groups (broad SMARTS) is 1. The summed E-state index contributed by atoms with van der Waals surface area (Å²) in [5, 5.41) is 8.59. The Balaban J connectivity index is 2.32. The number of oxazole rings is 1. The van der Waals surface area contributed by atoms with E-state index in [0.29, 0.717) is 11.2 Å². The fraction of sp³-hybridized carbons (Fsp3) is 0.222. The zero-order valence-electron chi connectivity index (χ0n) is 8.04. The molecule has 15 heavy (non-hydrogen) atoms. The molecule has 0 aliphatic rings. The van der Waals surface area contributed by atoms with Crippen molar-refractivity contribution in [1.82, 2.24) is 9.97 Å². The van der Waals surface area contributed by atoms with E-state index in [2.05, 4.69) is 9.97 Å². The topological polar surface area (TPSA) is 79.5 Å². The van der Waals surface area contributed by atoms with Crippen LogP contribution in [0.15, 0.2) is 22.7 Å². The van der Waals surface area contributed by atoms with E-state index in [1.165, 1.54) is 4.90 Å². The van der Waals surface area contributed by atoms with Gasteiger partial charge in [0.25, 0.3) is 6.01 Å². The van der Waals surface area contributed by atoms with Crippen molar-refractivity contribution in [3.8, 4) is 0 Å². The average molecular weight is 207 g/mol. The van der Waals surface area contributed by atoms with Crippen molar-refractivity contribution in [1.29, 1.82) is 0 Å². The summed E-state index contributed by atoms with van der Waals surface area (Å²) in [5.41, 5.74) is 1.02. The van der Waals surface area contributed by atoms with E-state index in [-0.39, 0.29) is 12.6 Å². The highest BCUT2D eigenvalue weighted by Gasteiger charge is 2.12. The molecule has 2 rings (SSSR count). The average Bonchev–Trinajstić information content (AvgIpc) is 2.59. The molecule has 0 saturated heterocycles. The van der Waals surface area contributed by atoms with Gasteiger partial charge in [-0.2, -0.15) is 4.98 Å². The van der Waals surface area contributed by atoms with E-state index < -0.39 is 5.97 Å². The molecule has 0 radical (unpaired) electrons. The number of pyridine rings is 1. The van der Waals surface area contributed by atoms with Crippen LogP contribution in [-0.4, -0.2) is 34.6 Å². The molecule has 2 heterocycles. The summed E-state index contributed by atoms with van der Waals surface area (Å²) in [6.45, 7) is -0.160. The van der Waals surface area contributed by atoms with Gasteiger partial charge in [-0.1, -0.05) is 0 Å². The molecule has 0 spiro atoms. The first-order valence-corrected chi connectivity index (χ1v) is 4.31. The highest BCUT2D eigenvalue weighted by Crippen LogP contribution is 2.18. The number of nitrogens with zero attached hydrogens (tertiary/aromatic N) is 3. The van der Waals surface area contributed by atoms with Crippen LogP contribution < -0.4 is 4.90 Å². The first-order chi connectivity index (χ1) is 7.16. The summed E-state index contributed by atoms with van der Waals surface area (Å²) in [5.74, 6) is -0.937. The van der Waals surface area contributed by atoms with Gasteiger partial charge in [-0.15, -0.1) is 0 Å². The maximum absolute atomic E-state index is 10.5. The third-order valence-electron chi connectivity index (χ3n) is 1.85. The maximum atomic E-state index is 10.5. The molecule has 0 fully saturated rings. The molecule has 0 amide bonds. The number of likely N-dealkylation sites (N-methyl/N-ethyl adjacent to an activating group) is 1. The molecule has 0 aromatic carbocycles. The van der Waals surface area contributed by atoms with Gasteiger partial charge in [0, 0.05) is 13.2 Å². The summed E-state index contributed by atoms with van der Waals surface area (Å²) < 4.78 is 5.32. The molecule has 6 nitrogen and oxygen atoms in total. The Hall–Kier alpha value is -2.11. The molecule has 2 aromatic rings. The normalized spacial score (nSPS) is 10.5. The SMILES string of the molecule is CN(CC(=O)O)c1nc2ncccc2o1. The van der Waals surface area contributed by atoms with Gasteiger partial charge in [0.2, 0.25) is 5.65 Å². The second kappa shape index (κ2) is 3.56. The van der Waals surface area contributed by atoms with Gasteiger partial charge < -0.3 is 14.4 Å². The van der Waals surface area contributed by atoms with Crippen LogP contribution >= 0.6 is 0 Å². The highest BCUT2D eigenvalue weighted by molar-refractivity contribution is 5.74. The van der Waals surface area contributed by atoms with Gasteiger partial charge in [-0.25, -0.2) is 4.98 Å². The molecule has 0 aliphatic carbocycles. The lowest BCUT2D eigenvalue weighted by molar-refractivity contribution is -0.135. The fourth-order valence-corrected chi connectivity index (χ4v) is 1.19. The summed E-state index contributed by atoms with van der Waals surface area (Å²) in [7, 11) is 1.60. The van der Waals surface area contributed by atoms with Crippen LogP contribution in [0.3, 0.4) is 0 Å². The zero-order chi connectivity index (χ0) is 10.8. The molecule has 0 unspecified atom stereocenters. The van der Waals surface area contributed by atoms with Crippen LogP contribution in [0, 0.1) is 0 Å². The molecular formula is C9H9N3O3. The smallest absolute Gasteiger partial charge is 0.323 e. The number of hydrogen-bond donors (Lipinski definition) is 1. The summed E-state index contributed by atoms with van der Waals surface area (Å²) in [6, 6.07) is 3.72. The molecule has 0 bridgehead atoms. The number of carbonyl (C=O) groups is 1. The predicted molar refractivity (Wildman–Crippen MR) is 52.7 cm³/mol. The first-order valence-electron chi connectivity index (χ1n) is 4.31. The van der Waals surface area contributed by atoms with Crippen molar-refractivity contribution >= 4 is 23.2 Å². The van der Waals surface area contributed by atoms with Crippen LogP contribution in [-0.2, 0) is 4.79 Å². The zero-order valence-corrected chi connectivity index (χ0v) is 8.04. The minimum Gasteiger partial charge on any atom is -0.480 e. The van der Waals surface area contributed by atoms with E-state index in [0.717, 1.165) is 0 Å².